The van der Waals surface area contributed by atoms with E-state index in [0.29, 0.717) is 6.42 Å². The van der Waals surface area contributed by atoms with Crippen LogP contribution in [0.25, 0.3) is 0 Å². The summed E-state index contributed by atoms with van der Waals surface area (Å²) in [6.07, 6.45) is 2.38. The van der Waals surface area contributed by atoms with Gasteiger partial charge in [0.05, 0.1) is 5.75 Å². The topological polar surface area (TPSA) is 46.2 Å². The second-order valence-electron chi connectivity index (χ2n) is 4.36. The van der Waals surface area contributed by atoms with Crippen molar-refractivity contribution in [2.45, 2.75) is 39.2 Å². The molecular weight excluding hydrogens is 234 g/mol. The first-order valence-electron chi connectivity index (χ1n) is 6.07. The monoisotopic (exact) mass is 255 g/mol. The Kier molecular flexibility index (Phi) is 5.65. The molecule has 96 valence electrons. The number of rotatable bonds is 7. The standard InChI is InChI=1S/C13H21NO2S/c1-3-11-17(15,16)14-12(2)9-10-13-7-5-4-6-8-13/h4-8,12,14H,3,9-11H2,1-2H3. The van der Waals surface area contributed by atoms with E-state index in [-0.39, 0.29) is 11.8 Å². The number of benzene rings is 1. The van der Waals surface area contributed by atoms with Gasteiger partial charge in [0.1, 0.15) is 0 Å². The third-order valence-electron chi connectivity index (χ3n) is 2.56. The minimum Gasteiger partial charge on any atom is -0.212 e. The van der Waals surface area contributed by atoms with E-state index in [4.69, 9.17) is 0 Å². The summed E-state index contributed by atoms with van der Waals surface area (Å²) >= 11 is 0. The first-order chi connectivity index (χ1) is 8.03. The van der Waals surface area contributed by atoms with Gasteiger partial charge in [-0.1, -0.05) is 37.3 Å². The maximum absolute atomic E-state index is 11.5. The van der Waals surface area contributed by atoms with Gasteiger partial charge in [0.2, 0.25) is 10.0 Å². The lowest BCUT2D eigenvalue weighted by molar-refractivity contribution is 0.546. The number of hydrogen-bond donors (Lipinski definition) is 1. The summed E-state index contributed by atoms with van der Waals surface area (Å²) in [4.78, 5) is 0. The van der Waals surface area contributed by atoms with E-state index in [2.05, 4.69) is 16.9 Å². The fourth-order valence-corrected chi connectivity index (χ4v) is 3.11. The lowest BCUT2D eigenvalue weighted by atomic mass is 10.1. The van der Waals surface area contributed by atoms with Crippen LogP contribution in [0.1, 0.15) is 32.3 Å². The Hall–Kier alpha value is -0.870. The Labute approximate surface area is 104 Å². The highest BCUT2D eigenvalue weighted by molar-refractivity contribution is 7.89. The molecule has 0 aromatic heterocycles. The van der Waals surface area contributed by atoms with E-state index in [0.717, 1.165) is 12.8 Å². The van der Waals surface area contributed by atoms with Crippen molar-refractivity contribution in [3.63, 3.8) is 0 Å². The highest BCUT2D eigenvalue weighted by Crippen LogP contribution is 2.05. The Morgan fingerprint density at radius 3 is 2.47 bits per heavy atom. The molecule has 1 rings (SSSR count). The van der Waals surface area contributed by atoms with Crippen molar-refractivity contribution in [3.05, 3.63) is 35.9 Å². The summed E-state index contributed by atoms with van der Waals surface area (Å²) in [6, 6.07) is 10.1. The van der Waals surface area contributed by atoms with Gasteiger partial charge in [-0.15, -0.1) is 0 Å². The maximum atomic E-state index is 11.5. The van der Waals surface area contributed by atoms with Crippen LogP contribution in [0.3, 0.4) is 0 Å². The third-order valence-corrected chi connectivity index (χ3v) is 4.27. The molecule has 1 N–H and O–H groups in total. The predicted molar refractivity (Wildman–Crippen MR) is 71.4 cm³/mol. The van der Waals surface area contributed by atoms with Gasteiger partial charge in [-0.3, -0.25) is 0 Å². The minimum atomic E-state index is -3.09. The minimum absolute atomic E-state index is 0.00763. The second-order valence-corrected chi connectivity index (χ2v) is 6.24. The van der Waals surface area contributed by atoms with Gasteiger partial charge < -0.3 is 0 Å². The second kappa shape index (κ2) is 6.77. The molecular formula is C13H21NO2S. The molecule has 0 fully saturated rings. The largest absolute Gasteiger partial charge is 0.212 e. The fraction of sp³-hybridized carbons (Fsp3) is 0.538. The maximum Gasteiger partial charge on any atom is 0.211 e. The molecule has 3 nitrogen and oxygen atoms in total. The normalized spacial score (nSPS) is 13.5. The van der Waals surface area contributed by atoms with E-state index >= 15 is 0 Å². The summed E-state index contributed by atoms with van der Waals surface area (Å²) in [7, 11) is -3.09. The van der Waals surface area contributed by atoms with Gasteiger partial charge >= 0.3 is 0 Å². The zero-order valence-electron chi connectivity index (χ0n) is 10.5. The van der Waals surface area contributed by atoms with Crippen molar-refractivity contribution in [3.8, 4) is 0 Å². The highest BCUT2D eigenvalue weighted by Gasteiger charge is 2.12. The number of sulfonamides is 1. The Bertz CT molecular complexity index is 414. The number of nitrogens with one attached hydrogen (secondary N) is 1. The van der Waals surface area contributed by atoms with Crippen LogP contribution in [0, 0.1) is 0 Å². The van der Waals surface area contributed by atoms with Gasteiger partial charge in [0.15, 0.2) is 0 Å². The van der Waals surface area contributed by atoms with Crippen LogP contribution in [-0.2, 0) is 16.4 Å². The van der Waals surface area contributed by atoms with Crippen LogP contribution < -0.4 is 4.72 Å². The molecule has 1 aromatic carbocycles. The van der Waals surface area contributed by atoms with E-state index in [1.165, 1.54) is 5.56 Å². The van der Waals surface area contributed by atoms with Gasteiger partial charge in [-0.05, 0) is 31.7 Å². The molecule has 17 heavy (non-hydrogen) atoms. The Morgan fingerprint density at radius 2 is 1.88 bits per heavy atom. The molecule has 4 heteroatoms. The zero-order chi connectivity index (χ0) is 12.7. The molecule has 0 aliphatic carbocycles. The molecule has 1 atom stereocenters. The molecule has 0 spiro atoms. The molecule has 0 aliphatic rings. The summed E-state index contributed by atoms with van der Waals surface area (Å²) in [5.74, 6) is 0.211. The average Bonchev–Trinajstić information content (AvgIpc) is 2.27. The van der Waals surface area contributed by atoms with Crippen LogP contribution >= 0.6 is 0 Å². The zero-order valence-corrected chi connectivity index (χ0v) is 11.3. The van der Waals surface area contributed by atoms with Gasteiger partial charge in [0, 0.05) is 6.04 Å². The summed E-state index contributed by atoms with van der Waals surface area (Å²) < 4.78 is 25.8. The van der Waals surface area contributed by atoms with E-state index < -0.39 is 10.0 Å². The predicted octanol–water partition coefficient (Wildman–Crippen LogP) is 2.34. The highest BCUT2D eigenvalue weighted by atomic mass is 32.2. The quantitative estimate of drug-likeness (QED) is 0.813. The SMILES string of the molecule is CCCS(=O)(=O)NC(C)CCc1ccccc1. The first kappa shape index (κ1) is 14.2. The fourth-order valence-electron chi connectivity index (χ4n) is 1.72. The summed E-state index contributed by atoms with van der Waals surface area (Å²) in [5.41, 5.74) is 1.24. The van der Waals surface area contributed by atoms with Crippen molar-refractivity contribution in [1.82, 2.24) is 4.72 Å². The van der Waals surface area contributed by atoms with Crippen molar-refractivity contribution < 1.29 is 8.42 Å². The summed E-state index contributed by atoms with van der Waals surface area (Å²) in [5, 5.41) is 0. The van der Waals surface area contributed by atoms with Gasteiger partial charge in [0.25, 0.3) is 0 Å². The molecule has 0 amide bonds. The Balaban J connectivity index is 2.38. The Morgan fingerprint density at radius 1 is 1.24 bits per heavy atom. The van der Waals surface area contributed by atoms with Crippen LogP contribution in [0.15, 0.2) is 30.3 Å². The summed E-state index contributed by atoms with van der Waals surface area (Å²) in [6.45, 7) is 3.78. The van der Waals surface area contributed by atoms with Crippen molar-refractivity contribution in [2.24, 2.45) is 0 Å². The van der Waals surface area contributed by atoms with Crippen LogP contribution in [0.5, 0.6) is 0 Å². The van der Waals surface area contributed by atoms with Crippen molar-refractivity contribution in [2.75, 3.05) is 5.75 Å². The number of hydrogen-bond acceptors (Lipinski definition) is 2. The first-order valence-corrected chi connectivity index (χ1v) is 7.72. The van der Waals surface area contributed by atoms with Crippen LogP contribution in [-0.4, -0.2) is 20.2 Å². The van der Waals surface area contributed by atoms with E-state index in [9.17, 15) is 8.42 Å². The van der Waals surface area contributed by atoms with Crippen LogP contribution in [0.2, 0.25) is 0 Å². The van der Waals surface area contributed by atoms with Crippen molar-refractivity contribution >= 4 is 10.0 Å². The van der Waals surface area contributed by atoms with Gasteiger partial charge in [-0.2, -0.15) is 0 Å². The smallest absolute Gasteiger partial charge is 0.211 e. The molecule has 1 aromatic rings. The molecule has 0 saturated carbocycles. The molecule has 0 radical (unpaired) electrons. The van der Waals surface area contributed by atoms with E-state index in [1.807, 2.05) is 32.0 Å². The van der Waals surface area contributed by atoms with Crippen LogP contribution in [0.4, 0.5) is 0 Å². The van der Waals surface area contributed by atoms with Crippen molar-refractivity contribution in [1.29, 1.82) is 0 Å². The van der Waals surface area contributed by atoms with Gasteiger partial charge in [-0.25, -0.2) is 13.1 Å². The van der Waals surface area contributed by atoms with E-state index in [1.54, 1.807) is 0 Å². The molecule has 0 aliphatic heterocycles. The molecule has 0 saturated heterocycles. The lowest BCUT2D eigenvalue weighted by Crippen LogP contribution is -2.34. The third kappa shape index (κ3) is 5.84. The average molecular weight is 255 g/mol. The molecule has 0 heterocycles. The molecule has 0 bridgehead atoms. The molecule has 1 unspecified atom stereocenters. The number of aryl methyl sites for hydroxylation is 1. The lowest BCUT2D eigenvalue weighted by Gasteiger charge is -2.13.